The maximum Gasteiger partial charge on any atom is 0.278 e. The van der Waals surface area contributed by atoms with Crippen LogP contribution in [0.4, 0.5) is 10.1 Å². The van der Waals surface area contributed by atoms with Gasteiger partial charge in [-0.2, -0.15) is 0 Å². The van der Waals surface area contributed by atoms with E-state index in [0.717, 1.165) is 16.9 Å². The van der Waals surface area contributed by atoms with E-state index in [4.69, 9.17) is 16.3 Å². The quantitative estimate of drug-likeness (QED) is 0.486. The number of rotatable bonds is 7. The number of carbonyl (C=O) groups excluding carboxylic acids is 2. The molecule has 33 heavy (non-hydrogen) atoms. The molecule has 1 aliphatic rings. The highest BCUT2D eigenvalue weighted by Gasteiger charge is 2.39. The molecule has 0 atom stereocenters. The van der Waals surface area contributed by atoms with Crippen LogP contribution < -0.4 is 10.1 Å². The molecule has 0 spiro atoms. The average molecular weight is 465 g/mol. The van der Waals surface area contributed by atoms with Crippen molar-refractivity contribution in [1.29, 1.82) is 0 Å². The van der Waals surface area contributed by atoms with Crippen LogP contribution in [-0.2, 0) is 16.0 Å². The minimum absolute atomic E-state index is 0.145. The number of carbonyl (C=O) groups is 2. The van der Waals surface area contributed by atoms with E-state index < -0.39 is 17.6 Å². The van der Waals surface area contributed by atoms with Gasteiger partial charge in [0.2, 0.25) is 0 Å². The summed E-state index contributed by atoms with van der Waals surface area (Å²) in [6, 6.07) is 18.3. The van der Waals surface area contributed by atoms with Gasteiger partial charge in [0, 0.05) is 17.3 Å². The lowest BCUT2D eigenvalue weighted by molar-refractivity contribution is -0.136. The summed E-state index contributed by atoms with van der Waals surface area (Å²) in [5.74, 6) is -0.557. The molecule has 1 N–H and O–H groups in total. The van der Waals surface area contributed by atoms with Gasteiger partial charge in [-0.3, -0.25) is 14.5 Å². The zero-order valence-corrected chi connectivity index (χ0v) is 18.9. The normalized spacial score (nSPS) is 13.6. The lowest BCUT2D eigenvalue weighted by atomic mass is 10.0. The summed E-state index contributed by atoms with van der Waals surface area (Å²) < 4.78 is 18.7. The van der Waals surface area contributed by atoms with Gasteiger partial charge in [0.15, 0.2) is 0 Å². The number of halogens is 2. The van der Waals surface area contributed by atoms with Crippen molar-refractivity contribution in [1.82, 2.24) is 4.90 Å². The molecule has 3 aromatic carbocycles. The molecule has 168 valence electrons. The van der Waals surface area contributed by atoms with Crippen molar-refractivity contribution >= 4 is 34.7 Å². The first-order valence-corrected chi connectivity index (χ1v) is 10.8. The molecule has 3 aromatic rings. The van der Waals surface area contributed by atoms with Crippen LogP contribution in [0.3, 0.4) is 0 Å². The molecular formula is C26H22ClFN2O3. The van der Waals surface area contributed by atoms with Crippen LogP contribution >= 0.6 is 11.6 Å². The van der Waals surface area contributed by atoms with Gasteiger partial charge in [0.25, 0.3) is 11.8 Å². The number of amides is 2. The minimum atomic E-state index is -0.438. The second-order valence-electron chi connectivity index (χ2n) is 7.65. The number of nitrogens with zero attached hydrogens (tertiary/aromatic N) is 1. The molecule has 0 aliphatic carbocycles. The molecule has 1 heterocycles. The van der Waals surface area contributed by atoms with Crippen molar-refractivity contribution in [3.63, 3.8) is 0 Å². The van der Waals surface area contributed by atoms with Crippen LogP contribution in [0.15, 0.2) is 72.4 Å². The smallest absolute Gasteiger partial charge is 0.278 e. The average Bonchev–Trinajstić information content (AvgIpc) is 3.05. The Bertz CT molecular complexity index is 1240. The number of ether oxygens (including phenoxy) is 1. The first-order chi connectivity index (χ1) is 15.9. The molecule has 0 unspecified atom stereocenters. The third-order valence-electron chi connectivity index (χ3n) is 5.61. The van der Waals surface area contributed by atoms with Crippen molar-refractivity contribution in [3.05, 3.63) is 100.0 Å². The largest absolute Gasteiger partial charge is 0.497 e. The number of nitrogens with one attached hydrogen (secondary N) is 1. The van der Waals surface area contributed by atoms with E-state index in [9.17, 15) is 14.0 Å². The minimum Gasteiger partial charge on any atom is -0.497 e. The van der Waals surface area contributed by atoms with Crippen molar-refractivity contribution in [2.24, 2.45) is 0 Å². The number of imide groups is 1. The fraction of sp³-hybridized carbons (Fsp3) is 0.154. The molecule has 4 rings (SSSR count). The lowest BCUT2D eigenvalue weighted by Crippen LogP contribution is -2.34. The number of hydrogen-bond acceptors (Lipinski definition) is 4. The number of hydrogen-bond donors (Lipinski definition) is 1. The Balaban J connectivity index is 1.66. The summed E-state index contributed by atoms with van der Waals surface area (Å²) in [4.78, 5) is 27.9. The second-order valence-corrected chi connectivity index (χ2v) is 8.06. The van der Waals surface area contributed by atoms with Gasteiger partial charge in [-0.1, -0.05) is 41.9 Å². The number of methoxy groups -OCH3 is 1. The van der Waals surface area contributed by atoms with Gasteiger partial charge in [0.05, 0.1) is 12.7 Å². The molecule has 0 saturated heterocycles. The van der Waals surface area contributed by atoms with Crippen LogP contribution in [-0.4, -0.2) is 30.4 Å². The number of anilines is 1. The van der Waals surface area contributed by atoms with Crippen molar-refractivity contribution in [2.75, 3.05) is 19.0 Å². The topological polar surface area (TPSA) is 58.6 Å². The van der Waals surface area contributed by atoms with Crippen LogP contribution in [0.2, 0.25) is 5.02 Å². The second kappa shape index (κ2) is 9.46. The summed E-state index contributed by atoms with van der Waals surface area (Å²) >= 11 is 6.23. The maximum absolute atomic E-state index is 13.5. The Kier molecular flexibility index (Phi) is 6.47. The third-order valence-corrected chi connectivity index (χ3v) is 6.02. The molecule has 0 fully saturated rings. The summed E-state index contributed by atoms with van der Waals surface area (Å²) in [5, 5.41) is 3.65. The summed E-state index contributed by atoms with van der Waals surface area (Å²) in [5.41, 5.74) is 3.15. The molecule has 0 saturated carbocycles. The summed E-state index contributed by atoms with van der Waals surface area (Å²) in [7, 11) is 1.59. The standard InChI is InChI=1S/C26H22ClFN2O3/c1-16-21(27)4-3-5-22(16)29-24-23(18-8-10-19(28)11-9-18)25(31)30(26(24)32)15-14-17-6-12-20(33-2)13-7-17/h3-13,29H,14-15H2,1-2H3. The zero-order valence-electron chi connectivity index (χ0n) is 18.2. The van der Waals surface area contributed by atoms with Gasteiger partial charge >= 0.3 is 0 Å². The highest BCUT2D eigenvalue weighted by molar-refractivity contribution is 6.36. The van der Waals surface area contributed by atoms with Crippen LogP contribution in [0.25, 0.3) is 5.57 Å². The van der Waals surface area contributed by atoms with E-state index >= 15 is 0 Å². The molecule has 0 bridgehead atoms. The SMILES string of the molecule is COc1ccc(CCN2C(=O)C(Nc3cccc(Cl)c3C)=C(c3ccc(F)cc3)C2=O)cc1. The van der Waals surface area contributed by atoms with Gasteiger partial charge in [-0.25, -0.2) is 4.39 Å². The first-order valence-electron chi connectivity index (χ1n) is 10.4. The summed E-state index contributed by atoms with van der Waals surface area (Å²) in [6.07, 6.45) is 0.488. The number of benzene rings is 3. The molecule has 7 heteroatoms. The highest BCUT2D eigenvalue weighted by Crippen LogP contribution is 2.33. The molecule has 2 amide bonds. The van der Waals surface area contributed by atoms with E-state index in [1.807, 2.05) is 31.2 Å². The Morgan fingerprint density at radius 2 is 1.67 bits per heavy atom. The van der Waals surface area contributed by atoms with E-state index in [2.05, 4.69) is 5.32 Å². The van der Waals surface area contributed by atoms with Gasteiger partial charge in [-0.15, -0.1) is 0 Å². The van der Waals surface area contributed by atoms with E-state index in [0.29, 0.717) is 22.7 Å². The first kappa shape index (κ1) is 22.6. The van der Waals surface area contributed by atoms with Gasteiger partial charge in [0.1, 0.15) is 17.3 Å². The Morgan fingerprint density at radius 1 is 0.970 bits per heavy atom. The van der Waals surface area contributed by atoms with Gasteiger partial charge in [-0.05, 0) is 66.4 Å². The Hall–Kier alpha value is -3.64. The van der Waals surface area contributed by atoms with Crippen molar-refractivity contribution in [3.8, 4) is 5.75 Å². The fourth-order valence-electron chi connectivity index (χ4n) is 3.69. The van der Waals surface area contributed by atoms with Crippen LogP contribution in [0.1, 0.15) is 16.7 Å². The van der Waals surface area contributed by atoms with Crippen LogP contribution in [0, 0.1) is 12.7 Å². The monoisotopic (exact) mass is 464 g/mol. The summed E-state index contributed by atoms with van der Waals surface area (Å²) in [6.45, 7) is 2.03. The lowest BCUT2D eigenvalue weighted by Gasteiger charge is -2.16. The van der Waals surface area contributed by atoms with E-state index in [-0.39, 0.29) is 17.8 Å². The third kappa shape index (κ3) is 4.61. The molecule has 5 nitrogen and oxygen atoms in total. The van der Waals surface area contributed by atoms with Crippen LogP contribution in [0.5, 0.6) is 5.75 Å². The molecule has 1 aliphatic heterocycles. The van der Waals surface area contributed by atoms with E-state index in [1.54, 1.807) is 25.3 Å². The molecule has 0 radical (unpaired) electrons. The predicted molar refractivity (Wildman–Crippen MR) is 127 cm³/mol. The highest BCUT2D eigenvalue weighted by atomic mass is 35.5. The van der Waals surface area contributed by atoms with Gasteiger partial charge < -0.3 is 10.1 Å². The van der Waals surface area contributed by atoms with Crippen molar-refractivity contribution in [2.45, 2.75) is 13.3 Å². The molecular weight excluding hydrogens is 443 g/mol. The Morgan fingerprint density at radius 3 is 2.33 bits per heavy atom. The molecule has 0 aromatic heterocycles. The Labute approximate surface area is 196 Å². The maximum atomic E-state index is 13.5. The fourth-order valence-corrected chi connectivity index (χ4v) is 3.86. The van der Waals surface area contributed by atoms with E-state index in [1.165, 1.54) is 29.2 Å². The zero-order chi connectivity index (χ0) is 23.5. The predicted octanol–water partition coefficient (Wildman–Crippen LogP) is 5.23. The van der Waals surface area contributed by atoms with Crippen molar-refractivity contribution < 1.29 is 18.7 Å².